The molecule has 0 aliphatic rings. The van der Waals surface area contributed by atoms with Crippen molar-refractivity contribution in [1.29, 1.82) is 0 Å². The van der Waals surface area contributed by atoms with Gasteiger partial charge in [-0.2, -0.15) is 0 Å². The van der Waals surface area contributed by atoms with Gasteiger partial charge in [0.05, 0.1) is 17.7 Å². The van der Waals surface area contributed by atoms with Crippen molar-refractivity contribution in [3.8, 4) is 5.75 Å². The van der Waals surface area contributed by atoms with Gasteiger partial charge in [-0.15, -0.1) is 0 Å². The first-order valence-corrected chi connectivity index (χ1v) is 9.92. The number of para-hydroxylation sites is 2. The first kappa shape index (κ1) is 19.8. The summed E-state index contributed by atoms with van der Waals surface area (Å²) >= 11 is 0. The van der Waals surface area contributed by atoms with Gasteiger partial charge in [0.2, 0.25) is 5.91 Å². The Morgan fingerprint density at radius 2 is 1.88 bits per heavy atom. The third-order valence-electron chi connectivity index (χ3n) is 3.93. The van der Waals surface area contributed by atoms with Crippen LogP contribution in [0, 0.1) is 5.92 Å². The molecule has 0 spiro atoms. The molecule has 2 rings (SSSR count). The number of ether oxygens (including phenoxy) is 1. The van der Waals surface area contributed by atoms with Crippen LogP contribution in [0.5, 0.6) is 5.75 Å². The third-order valence-corrected chi connectivity index (χ3v) is 5.30. The van der Waals surface area contributed by atoms with Crippen molar-refractivity contribution in [2.75, 3.05) is 17.1 Å². The van der Waals surface area contributed by atoms with E-state index in [1.807, 2.05) is 13.8 Å². The quantitative estimate of drug-likeness (QED) is 0.732. The highest BCUT2D eigenvalue weighted by atomic mass is 32.2. The predicted molar refractivity (Wildman–Crippen MR) is 103 cm³/mol. The van der Waals surface area contributed by atoms with E-state index in [0.717, 1.165) is 12.8 Å². The van der Waals surface area contributed by atoms with Gasteiger partial charge in [0, 0.05) is 11.6 Å². The fourth-order valence-electron chi connectivity index (χ4n) is 2.50. The number of hydrogen-bond donors (Lipinski definition) is 2. The number of hydrogen-bond acceptors (Lipinski definition) is 4. The maximum Gasteiger partial charge on any atom is 0.262 e. The molecule has 140 valence electrons. The SMILES string of the molecule is CCC[C@H](C)C(=O)Nc1cccc(S(=O)(=O)Nc2ccccc2OC)c1. The second-order valence-corrected chi connectivity index (χ2v) is 7.69. The molecule has 0 aliphatic heterocycles. The Bertz CT molecular complexity index is 865. The summed E-state index contributed by atoms with van der Waals surface area (Å²) in [6.45, 7) is 3.86. The second-order valence-electron chi connectivity index (χ2n) is 6.01. The molecule has 0 saturated carbocycles. The summed E-state index contributed by atoms with van der Waals surface area (Å²) in [5, 5.41) is 2.77. The van der Waals surface area contributed by atoms with E-state index >= 15 is 0 Å². The molecule has 0 aromatic heterocycles. The lowest BCUT2D eigenvalue weighted by Crippen LogP contribution is -2.20. The summed E-state index contributed by atoms with van der Waals surface area (Å²) in [5.74, 6) is 0.167. The molecule has 26 heavy (non-hydrogen) atoms. The van der Waals surface area contributed by atoms with Gasteiger partial charge in [-0.1, -0.05) is 38.5 Å². The smallest absolute Gasteiger partial charge is 0.262 e. The van der Waals surface area contributed by atoms with Crippen molar-refractivity contribution in [2.45, 2.75) is 31.6 Å². The normalized spacial score (nSPS) is 12.3. The number of carbonyl (C=O) groups is 1. The van der Waals surface area contributed by atoms with Crippen molar-refractivity contribution in [3.63, 3.8) is 0 Å². The van der Waals surface area contributed by atoms with Crippen molar-refractivity contribution in [3.05, 3.63) is 48.5 Å². The first-order valence-electron chi connectivity index (χ1n) is 8.44. The van der Waals surface area contributed by atoms with Gasteiger partial charge in [-0.25, -0.2) is 8.42 Å². The molecule has 1 atom stereocenters. The molecular weight excluding hydrogens is 352 g/mol. The van der Waals surface area contributed by atoms with E-state index in [1.54, 1.807) is 36.4 Å². The van der Waals surface area contributed by atoms with Crippen LogP contribution in [0.25, 0.3) is 0 Å². The number of benzene rings is 2. The van der Waals surface area contributed by atoms with E-state index in [2.05, 4.69) is 10.0 Å². The summed E-state index contributed by atoms with van der Waals surface area (Å²) < 4.78 is 33.0. The number of anilines is 2. The fraction of sp³-hybridized carbons (Fsp3) is 0.316. The van der Waals surface area contributed by atoms with Crippen LogP contribution in [0.15, 0.2) is 53.4 Å². The Morgan fingerprint density at radius 3 is 2.58 bits per heavy atom. The van der Waals surface area contributed by atoms with Gasteiger partial charge >= 0.3 is 0 Å². The molecule has 0 aliphatic carbocycles. The lowest BCUT2D eigenvalue weighted by molar-refractivity contribution is -0.119. The molecular formula is C19H24N2O4S. The Balaban J connectivity index is 2.21. The van der Waals surface area contributed by atoms with E-state index < -0.39 is 10.0 Å². The highest BCUT2D eigenvalue weighted by Gasteiger charge is 2.18. The summed E-state index contributed by atoms with van der Waals surface area (Å²) in [6, 6.07) is 12.9. The van der Waals surface area contributed by atoms with Crippen LogP contribution < -0.4 is 14.8 Å². The van der Waals surface area contributed by atoms with Crippen molar-refractivity contribution in [1.82, 2.24) is 0 Å². The number of carbonyl (C=O) groups excluding carboxylic acids is 1. The molecule has 0 unspecified atom stereocenters. The number of nitrogens with one attached hydrogen (secondary N) is 2. The summed E-state index contributed by atoms with van der Waals surface area (Å²) in [6.07, 6.45) is 1.69. The molecule has 0 saturated heterocycles. The summed E-state index contributed by atoms with van der Waals surface area (Å²) in [4.78, 5) is 12.2. The summed E-state index contributed by atoms with van der Waals surface area (Å²) in [7, 11) is -2.34. The zero-order chi connectivity index (χ0) is 19.2. The molecule has 6 nitrogen and oxygen atoms in total. The standard InChI is InChI=1S/C19H24N2O4S/c1-4-8-14(2)19(22)20-15-9-7-10-16(13-15)26(23,24)21-17-11-5-6-12-18(17)25-3/h5-7,9-14,21H,4,8H2,1-3H3,(H,20,22)/t14-/m0/s1. The van der Waals surface area contributed by atoms with Gasteiger partial charge in [-0.3, -0.25) is 9.52 Å². The highest BCUT2D eigenvalue weighted by Crippen LogP contribution is 2.27. The van der Waals surface area contributed by atoms with Crippen LogP contribution in [0.2, 0.25) is 0 Å². The minimum absolute atomic E-state index is 0.0596. The number of rotatable bonds is 8. The lowest BCUT2D eigenvalue weighted by atomic mass is 10.1. The van der Waals surface area contributed by atoms with E-state index in [0.29, 0.717) is 17.1 Å². The molecule has 2 aromatic rings. The Hall–Kier alpha value is -2.54. The van der Waals surface area contributed by atoms with Gasteiger partial charge < -0.3 is 10.1 Å². The lowest BCUT2D eigenvalue weighted by Gasteiger charge is -2.14. The van der Waals surface area contributed by atoms with Crippen molar-refractivity contribution < 1.29 is 17.9 Å². The second kappa shape index (κ2) is 8.71. The molecule has 2 aromatic carbocycles. The minimum Gasteiger partial charge on any atom is -0.495 e. The van der Waals surface area contributed by atoms with E-state index in [9.17, 15) is 13.2 Å². The maximum absolute atomic E-state index is 12.7. The largest absolute Gasteiger partial charge is 0.495 e. The molecule has 0 bridgehead atoms. The van der Waals surface area contributed by atoms with E-state index in [-0.39, 0.29) is 16.7 Å². The first-order chi connectivity index (χ1) is 12.4. The van der Waals surface area contributed by atoms with E-state index in [1.165, 1.54) is 19.2 Å². The zero-order valence-electron chi connectivity index (χ0n) is 15.2. The molecule has 7 heteroatoms. The molecule has 1 amide bonds. The van der Waals surface area contributed by atoms with Crippen LogP contribution in [0.4, 0.5) is 11.4 Å². The average Bonchev–Trinajstić information content (AvgIpc) is 2.62. The topological polar surface area (TPSA) is 84.5 Å². The van der Waals surface area contributed by atoms with Gasteiger partial charge in [0.25, 0.3) is 10.0 Å². The Labute approximate surface area is 154 Å². The monoisotopic (exact) mass is 376 g/mol. The zero-order valence-corrected chi connectivity index (χ0v) is 16.0. The van der Waals surface area contributed by atoms with Crippen LogP contribution in [0.3, 0.4) is 0 Å². The average molecular weight is 376 g/mol. The fourth-order valence-corrected chi connectivity index (χ4v) is 3.62. The number of methoxy groups -OCH3 is 1. The van der Waals surface area contributed by atoms with Gasteiger partial charge in [0.1, 0.15) is 5.75 Å². The number of amides is 1. The highest BCUT2D eigenvalue weighted by molar-refractivity contribution is 7.92. The summed E-state index contributed by atoms with van der Waals surface area (Å²) in [5.41, 5.74) is 0.793. The minimum atomic E-state index is -3.82. The van der Waals surface area contributed by atoms with Crippen molar-refractivity contribution in [2.24, 2.45) is 5.92 Å². The molecule has 0 heterocycles. The predicted octanol–water partition coefficient (Wildman–Crippen LogP) is 3.87. The van der Waals surface area contributed by atoms with Gasteiger partial charge in [0.15, 0.2) is 0 Å². The molecule has 0 radical (unpaired) electrons. The Morgan fingerprint density at radius 1 is 1.15 bits per heavy atom. The van der Waals surface area contributed by atoms with Crippen LogP contribution in [0.1, 0.15) is 26.7 Å². The molecule has 2 N–H and O–H groups in total. The van der Waals surface area contributed by atoms with Crippen molar-refractivity contribution >= 4 is 27.3 Å². The van der Waals surface area contributed by atoms with Crippen LogP contribution in [-0.2, 0) is 14.8 Å². The van der Waals surface area contributed by atoms with Crippen LogP contribution in [-0.4, -0.2) is 21.4 Å². The molecule has 0 fully saturated rings. The third kappa shape index (κ3) is 4.98. The Kier molecular flexibility index (Phi) is 6.63. The van der Waals surface area contributed by atoms with Gasteiger partial charge in [-0.05, 0) is 36.8 Å². The van der Waals surface area contributed by atoms with E-state index in [4.69, 9.17) is 4.74 Å². The maximum atomic E-state index is 12.7. The number of sulfonamides is 1. The van der Waals surface area contributed by atoms with Crippen LogP contribution >= 0.6 is 0 Å².